The van der Waals surface area contributed by atoms with E-state index < -0.39 is 17.5 Å². The lowest BCUT2D eigenvalue weighted by molar-refractivity contribution is -0.140. The van der Waals surface area contributed by atoms with Gasteiger partial charge in [-0.1, -0.05) is 39.3 Å². The molecule has 4 atom stereocenters. The van der Waals surface area contributed by atoms with Crippen LogP contribution in [0.15, 0.2) is 24.3 Å². The van der Waals surface area contributed by atoms with Crippen molar-refractivity contribution >= 4 is 17.6 Å². The molecule has 5 rings (SSSR count). The van der Waals surface area contributed by atoms with E-state index in [0.29, 0.717) is 18.0 Å². The number of amides is 2. The first-order chi connectivity index (χ1) is 17.7. The summed E-state index contributed by atoms with van der Waals surface area (Å²) in [5.41, 5.74) is 1.30. The largest absolute Gasteiger partial charge is 0.366 e. The zero-order valence-electron chi connectivity index (χ0n) is 22.7. The van der Waals surface area contributed by atoms with Gasteiger partial charge in [0.25, 0.3) is 5.91 Å². The Morgan fingerprint density at radius 1 is 1.05 bits per heavy atom. The van der Waals surface area contributed by atoms with Gasteiger partial charge in [-0.25, -0.2) is 0 Å². The van der Waals surface area contributed by atoms with Crippen LogP contribution in [0.4, 0.5) is 0 Å². The molecule has 3 heterocycles. The number of carbonyl (C=O) groups excluding carboxylic acids is 3. The normalized spacial score (nSPS) is 28.2. The number of Topliss-reactive ketones (excluding diaryl/α,β-unsaturated/α-hetero) is 1. The summed E-state index contributed by atoms with van der Waals surface area (Å²) >= 11 is 0. The predicted octanol–water partition coefficient (Wildman–Crippen LogP) is 2.33. The number of ether oxygens (including phenoxy) is 1. The average Bonchev–Trinajstić information content (AvgIpc) is 3.41. The van der Waals surface area contributed by atoms with Gasteiger partial charge in [0.15, 0.2) is 5.78 Å². The summed E-state index contributed by atoms with van der Waals surface area (Å²) in [4.78, 5) is 43.8. The minimum absolute atomic E-state index is 0.0236. The van der Waals surface area contributed by atoms with Crippen LogP contribution in [0.2, 0.25) is 0 Å². The van der Waals surface area contributed by atoms with Gasteiger partial charge >= 0.3 is 0 Å². The first-order valence-electron chi connectivity index (χ1n) is 13.9. The highest BCUT2D eigenvalue weighted by molar-refractivity contribution is 5.99. The van der Waals surface area contributed by atoms with E-state index in [-0.39, 0.29) is 36.4 Å². The molecule has 2 N–H and O–H groups in total. The maximum Gasteiger partial charge on any atom is 0.251 e. The van der Waals surface area contributed by atoms with Crippen molar-refractivity contribution in [2.24, 2.45) is 5.41 Å². The number of ketones is 1. The van der Waals surface area contributed by atoms with Gasteiger partial charge in [0.1, 0.15) is 24.8 Å². The molecule has 4 fully saturated rings. The van der Waals surface area contributed by atoms with Crippen LogP contribution in [0.5, 0.6) is 0 Å². The molecule has 202 valence electrons. The summed E-state index contributed by atoms with van der Waals surface area (Å²) in [6, 6.07) is 7.24. The molecule has 1 saturated carbocycles. The number of rotatable bonds is 6. The molecular formula is C29H42N4O4. The van der Waals surface area contributed by atoms with Crippen LogP contribution in [0, 0.1) is 5.41 Å². The van der Waals surface area contributed by atoms with Crippen LogP contribution in [-0.4, -0.2) is 91.0 Å². The topological polar surface area (TPSA) is 91.0 Å². The highest BCUT2D eigenvalue weighted by Crippen LogP contribution is 2.34. The smallest absolute Gasteiger partial charge is 0.251 e. The third-order valence-electron chi connectivity index (χ3n) is 8.99. The number of hydrogen-bond acceptors (Lipinski definition) is 6. The SMILES string of the molecule is CN[C@H]1CN(C(=O)[C@@H](NC(=O)c2ccc(C3CCN(C4CCC4)CC3)cc2)C(C)(C)C)[C@@H]2C(=O)CO[C@H]12. The number of nitrogens with zero attached hydrogens (tertiary/aromatic N) is 2. The van der Waals surface area contributed by atoms with E-state index in [2.05, 4.69) is 27.7 Å². The van der Waals surface area contributed by atoms with Crippen LogP contribution in [0.3, 0.4) is 0 Å². The number of likely N-dealkylation sites (N-methyl/N-ethyl adjacent to an activating group) is 1. The average molecular weight is 511 g/mol. The molecule has 0 unspecified atom stereocenters. The van der Waals surface area contributed by atoms with Crippen molar-refractivity contribution in [1.29, 1.82) is 0 Å². The van der Waals surface area contributed by atoms with E-state index >= 15 is 0 Å². The van der Waals surface area contributed by atoms with Gasteiger partial charge in [-0.3, -0.25) is 14.4 Å². The van der Waals surface area contributed by atoms with Crippen molar-refractivity contribution in [2.45, 2.75) is 89.1 Å². The second kappa shape index (κ2) is 10.5. The molecule has 0 aromatic heterocycles. The number of benzene rings is 1. The van der Waals surface area contributed by atoms with E-state index in [9.17, 15) is 14.4 Å². The monoisotopic (exact) mass is 510 g/mol. The molecule has 0 spiro atoms. The van der Waals surface area contributed by atoms with Crippen LogP contribution < -0.4 is 10.6 Å². The lowest BCUT2D eigenvalue weighted by Crippen LogP contribution is -2.57. The van der Waals surface area contributed by atoms with E-state index in [1.54, 1.807) is 4.90 Å². The quantitative estimate of drug-likeness (QED) is 0.611. The highest BCUT2D eigenvalue weighted by Gasteiger charge is 2.53. The zero-order valence-corrected chi connectivity index (χ0v) is 22.7. The summed E-state index contributed by atoms with van der Waals surface area (Å²) in [5.74, 6) is -0.0484. The first kappa shape index (κ1) is 26.3. The Morgan fingerprint density at radius 3 is 2.30 bits per heavy atom. The molecular weight excluding hydrogens is 468 g/mol. The van der Waals surface area contributed by atoms with Gasteiger partial charge in [-0.15, -0.1) is 0 Å². The van der Waals surface area contributed by atoms with E-state index in [1.807, 2.05) is 40.0 Å². The third-order valence-corrected chi connectivity index (χ3v) is 8.99. The van der Waals surface area contributed by atoms with Gasteiger partial charge < -0.3 is 25.2 Å². The maximum atomic E-state index is 13.7. The van der Waals surface area contributed by atoms with Gasteiger partial charge in [0.05, 0.1) is 6.04 Å². The molecule has 0 radical (unpaired) electrons. The van der Waals surface area contributed by atoms with Gasteiger partial charge in [0, 0.05) is 18.2 Å². The number of nitrogens with one attached hydrogen (secondary N) is 2. The lowest BCUT2D eigenvalue weighted by Gasteiger charge is -2.42. The second-order valence-corrected chi connectivity index (χ2v) is 12.4. The van der Waals surface area contributed by atoms with E-state index in [1.165, 1.54) is 24.8 Å². The fraction of sp³-hybridized carbons (Fsp3) is 0.690. The Labute approximate surface area is 220 Å². The fourth-order valence-corrected chi connectivity index (χ4v) is 6.42. The molecule has 8 nitrogen and oxygen atoms in total. The molecule has 1 aromatic carbocycles. The third kappa shape index (κ3) is 5.20. The summed E-state index contributed by atoms with van der Waals surface area (Å²) in [6.07, 6.45) is 6.06. The molecule has 2 amide bonds. The van der Waals surface area contributed by atoms with Crippen molar-refractivity contribution < 1.29 is 19.1 Å². The molecule has 3 aliphatic heterocycles. The summed E-state index contributed by atoms with van der Waals surface area (Å²) in [7, 11) is 1.81. The van der Waals surface area contributed by atoms with Crippen molar-refractivity contribution in [1.82, 2.24) is 20.4 Å². The Bertz CT molecular complexity index is 1010. The molecule has 8 heteroatoms. The molecule has 4 aliphatic rings. The summed E-state index contributed by atoms with van der Waals surface area (Å²) < 4.78 is 5.68. The van der Waals surface area contributed by atoms with Crippen LogP contribution in [-0.2, 0) is 14.3 Å². The first-order valence-corrected chi connectivity index (χ1v) is 13.9. The maximum absolute atomic E-state index is 13.7. The van der Waals surface area contributed by atoms with Crippen LogP contribution >= 0.6 is 0 Å². The van der Waals surface area contributed by atoms with Crippen LogP contribution in [0.25, 0.3) is 0 Å². The number of likely N-dealkylation sites (tertiary alicyclic amines) is 2. The molecule has 3 saturated heterocycles. The van der Waals surface area contributed by atoms with E-state index in [4.69, 9.17) is 4.74 Å². The second-order valence-electron chi connectivity index (χ2n) is 12.4. The number of carbonyl (C=O) groups is 3. The van der Waals surface area contributed by atoms with E-state index in [0.717, 1.165) is 32.0 Å². The zero-order chi connectivity index (χ0) is 26.3. The van der Waals surface area contributed by atoms with Crippen molar-refractivity contribution in [3.8, 4) is 0 Å². The van der Waals surface area contributed by atoms with Crippen molar-refractivity contribution in [3.63, 3.8) is 0 Å². The Hall–Kier alpha value is -2.29. The number of hydrogen-bond donors (Lipinski definition) is 2. The standard InChI is InChI=1S/C29H42N4O4/c1-29(2,3)26(28(36)33-16-22(30-4)25-24(33)23(34)17-37-25)31-27(35)20-10-8-18(9-11-20)19-12-14-32(15-13-19)21-6-5-7-21/h8-11,19,21-22,24-26,30H,5-7,12-17H2,1-4H3,(H,31,35)/t22-,24+,25+,26+/m0/s1. The summed E-state index contributed by atoms with van der Waals surface area (Å²) in [6.45, 7) is 8.53. The summed E-state index contributed by atoms with van der Waals surface area (Å²) in [5, 5.41) is 6.17. The fourth-order valence-electron chi connectivity index (χ4n) is 6.42. The highest BCUT2D eigenvalue weighted by atomic mass is 16.5. The minimum atomic E-state index is -0.764. The molecule has 0 bridgehead atoms. The van der Waals surface area contributed by atoms with Gasteiger partial charge in [-0.05, 0) is 74.8 Å². The van der Waals surface area contributed by atoms with Gasteiger partial charge in [-0.2, -0.15) is 0 Å². The predicted molar refractivity (Wildman–Crippen MR) is 141 cm³/mol. The molecule has 1 aliphatic carbocycles. The van der Waals surface area contributed by atoms with Crippen LogP contribution in [0.1, 0.15) is 74.7 Å². The van der Waals surface area contributed by atoms with Crippen molar-refractivity contribution in [2.75, 3.05) is 33.3 Å². The van der Waals surface area contributed by atoms with Crippen molar-refractivity contribution in [3.05, 3.63) is 35.4 Å². The minimum Gasteiger partial charge on any atom is -0.366 e. The Morgan fingerprint density at radius 2 is 1.73 bits per heavy atom. The molecule has 37 heavy (non-hydrogen) atoms. The number of piperidine rings is 1. The number of fused-ring (bicyclic) bond motifs is 1. The molecule has 1 aromatic rings. The lowest BCUT2D eigenvalue weighted by atomic mass is 9.84. The Balaban J connectivity index is 1.24. The Kier molecular flexibility index (Phi) is 7.44. The van der Waals surface area contributed by atoms with Gasteiger partial charge in [0.2, 0.25) is 5.91 Å².